The molecule has 1 atom stereocenters. The summed E-state index contributed by atoms with van der Waals surface area (Å²) in [5.74, 6) is 0. The third kappa shape index (κ3) is 2.51. The fourth-order valence-corrected chi connectivity index (χ4v) is 2.79. The maximum absolute atomic E-state index is 9.85. The summed E-state index contributed by atoms with van der Waals surface area (Å²) in [6, 6.07) is 7.68. The van der Waals surface area contributed by atoms with Crippen LogP contribution in [0.25, 0.3) is 0 Å². The molecule has 94 valence electrons. The molecule has 0 amide bonds. The van der Waals surface area contributed by atoms with Gasteiger partial charge in [0.2, 0.25) is 0 Å². The third-order valence-corrected chi connectivity index (χ3v) is 3.77. The van der Waals surface area contributed by atoms with E-state index in [0.29, 0.717) is 0 Å². The first-order valence-electron chi connectivity index (χ1n) is 6.34. The molecular formula is C14H21NO2. The normalized spacial score (nSPS) is 21.1. The lowest BCUT2D eigenvalue weighted by atomic mass is 9.75. The zero-order valence-electron chi connectivity index (χ0n) is 10.1. The average Bonchev–Trinajstić information content (AvgIpc) is 2.39. The summed E-state index contributed by atoms with van der Waals surface area (Å²) < 4.78 is 0. The monoisotopic (exact) mass is 235 g/mol. The standard InChI is InChI=1S/C14H21NO2/c15-14(8-4-1-5-9-14)12-7-3-2-6-11(12)13(17)10-16/h2-3,6-7,13,16-17H,1,4-5,8-10,15H2. The van der Waals surface area contributed by atoms with Crippen LogP contribution in [0.5, 0.6) is 0 Å². The first-order valence-corrected chi connectivity index (χ1v) is 6.34. The number of hydrogen-bond acceptors (Lipinski definition) is 3. The van der Waals surface area contributed by atoms with Gasteiger partial charge >= 0.3 is 0 Å². The van der Waals surface area contributed by atoms with Crippen molar-refractivity contribution < 1.29 is 10.2 Å². The van der Waals surface area contributed by atoms with E-state index < -0.39 is 6.10 Å². The van der Waals surface area contributed by atoms with Gasteiger partial charge in [0, 0.05) is 5.54 Å². The van der Waals surface area contributed by atoms with Gasteiger partial charge in [-0.15, -0.1) is 0 Å². The van der Waals surface area contributed by atoms with Crippen LogP contribution < -0.4 is 5.73 Å². The van der Waals surface area contributed by atoms with Crippen LogP contribution in [0.1, 0.15) is 49.3 Å². The Bertz CT molecular complexity index is 372. The molecule has 3 nitrogen and oxygen atoms in total. The number of aliphatic hydroxyl groups excluding tert-OH is 2. The second-order valence-corrected chi connectivity index (χ2v) is 5.00. The van der Waals surface area contributed by atoms with Crippen LogP contribution in [0, 0.1) is 0 Å². The lowest BCUT2D eigenvalue weighted by Gasteiger charge is -2.36. The quantitative estimate of drug-likeness (QED) is 0.748. The van der Waals surface area contributed by atoms with Crippen LogP contribution in [-0.4, -0.2) is 16.8 Å². The maximum atomic E-state index is 9.85. The predicted molar refractivity (Wildman–Crippen MR) is 67.4 cm³/mol. The Balaban J connectivity index is 2.36. The van der Waals surface area contributed by atoms with E-state index >= 15 is 0 Å². The minimum absolute atomic E-state index is 0.257. The molecular weight excluding hydrogens is 214 g/mol. The molecule has 17 heavy (non-hydrogen) atoms. The van der Waals surface area contributed by atoms with E-state index in [-0.39, 0.29) is 12.1 Å². The van der Waals surface area contributed by atoms with Gasteiger partial charge in [-0.05, 0) is 24.0 Å². The molecule has 0 aliphatic heterocycles. The van der Waals surface area contributed by atoms with Crippen molar-refractivity contribution in [3.05, 3.63) is 35.4 Å². The van der Waals surface area contributed by atoms with Crippen molar-refractivity contribution in [2.75, 3.05) is 6.61 Å². The molecule has 4 N–H and O–H groups in total. The summed E-state index contributed by atoms with van der Waals surface area (Å²) >= 11 is 0. The molecule has 1 aromatic rings. The van der Waals surface area contributed by atoms with Gasteiger partial charge in [0.25, 0.3) is 0 Å². The molecule has 1 unspecified atom stereocenters. The fourth-order valence-electron chi connectivity index (χ4n) is 2.79. The summed E-state index contributed by atoms with van der Waals surface area (Å²) in [6.07, 6.45) is 4.61. The van der Waals surface area contributed by atoms with Gasteiger partial charge in [-0.3, -0.25) is 0 Å². The van der Waals surface area contributed by atoms with Crippen molar-refractivity contribution in [3.8, 4) is 0 Å². The highest BCUT2D eigenvalue weighted by molar-refractivity contribution is 5.35. The lowest BCUT2D eigenvalue weighted by Crippen LogP contribution is -2.39. The molecule has 0 saturated heterocycles. The van der Waals surface area contributed by atoms with E-state index in [1.165, 1.54) is 6.42 Å². The number of rotatable bonds is 3. The topological polar surface area (TPSA) is 66.5 Å². The van der Waals surface area contributed by atoms with Crippen molar-refractivity contribution in [1.29, 1.82) is 0 Å². The Kier molecular flexibility index (Phi) is 3.82. The SMILES string of the molecule is NC1(c2ccccc2C(O)CO)CCCCC1. The van der Waals surface area contributed by atoms with Crippen molar-refractivity contribution in [1.82, 2.24) is 0 Å². The van der Waals surface area contributed by atoms with E-state index in [1.807, 2.05) is 24.3 Å². The molecule has 0 aromatic heterocycles. The van der Waals surface area contributed by atoms with Gasteiger partial charge in [0.1, 0.15) is 6.10 Å². The Morgan fingerprint density at radius 3 is 2.47 bits per heavy atom. The number of nitrogens with two attached hydrogens (primary N) is 1. The molecule has 0 heterocycles. The molecule has 0 spiro atoms. The van der Waals surface area contributed by atoms with Gasteiger partial charge in [0.15, 0.2) is 0 Å². The van der Waals surface area contributed by atoms with Crippen LogP contribution in [0.2, 0.25) is 0 Å². The van der Waals surface area contributed by atoms with Crippen molar-refractivity contribution in [2.24, 2.45) is 5.73 Å². The molecule has 2 rings (SSSR count). The second kappa shape index (κ2) is 5.17. The molecule has 1 aliphatic rings. The van der Waals surface area contributed by atoms with Gasteiger partial charge in [-0.25, -0.2) is 0 Å². The van der Waals surface area contributed by atoms with Crippen LogP contribution in [0.4, 0.5) is 0 Å². The molecule has 1 aliphatic carbocycles. The highest BCUT2D eigenvalue weighted by Crippen LogP contribution is 2.37. The Hall–Kier alpha value is -0.900. The van der Waals surface area contributed by atoms with Crippen molar-refractivity contribution >= 4 is 0 Å². The van der Waals surface area contributed by atoms with Gasteiger partial charge in [0.05, 0.1) is 6.61 Å². The highest BCUT2D eigenvalue weighted by atomic mass is 16.3. The number of aliphatic hydroxyl groups is 2. The molecule has 1 aromatic carbocycles. The van der Waals surface area contributed by atoms with Crippen molar-refractivity contribution in [3.63, 3.8) is 0 Å². The largest absolute Gasteiger partial charge is 0.393 e. The summed E-state index contributed by atoms with van der Waals surface area (Å²) in [7, 11) is 0. The minimum atomic E-state index is -0.825. The number of hydrogen-bond donors (Lipinski definition) is 3. The molecule has 1 saturated carbocycles. The van der Waals surface area contributed by atoms with Crippen LogP contribution in [0.3, 0.4) is 0 Å². The maximum Gasteiger partial charge on any atom is 0.102 e. The fraction of sp³-hybridized carbons (Fsp3) is 0.571. The summed E-state index contributed by atoms with van der Waals surface area (Å²) in [5.41, 5.74) is 7.93. The van der Waals surface area contributed by atoms with Crippen LogP contribution in [-0.2, 0) is 5.54 Å². The van der Waals surface area contributed by atoms with Crippen LogP contribution in [0.15, 0.2) is 24.3 Å². The second-order valence-electron chi connectivity index (χ2n) is 5.00. The predicted octanol–water partition coefficient (Wildman–Crippen LogP) is 1.83. The number of benzene rings is 1. The smallest absolute Gasteiger partial charge is 0.102 e. The third-order valence-electron chi connectivity index (χ3n) is 3.77. The molecule has 0 radical (unpaired) electrons. The zero-order chi connectivity index (χ0) is 12.3. The zero-order valence-corrected chi connectivity index (χ0v) is 10.1. The van der Waals surface area contributed by atoms with Crippen LogP contribution >= 0.6 is 0 Å². The molecule has 0 bridgehead atoms. The van der Waals surface area contributed by atoms with E-state index in [4.69, 9.17) is 10.8 Å². The van der Waals surface area contributed by atoms with E-state index in [0.717, 1.165) is 36.8 Å². The minimum Gasteiger partial charge on any atom is -0.393 e. The van der Waals surface area contributed by atoms with Gasteiger partial charge in [-0.2, -0.15) is 0 Å². The van der Waals surface area contributed by atoms with Gasteiger partial charge < -0.3 is 15.9 Å². The Morgan fingerprint density at radius 1 is 1.18 bits per heavy atom. The Labute approximate surface area is 102 Å². The van der Waals surface area contributed by atoms with Crippen molar-refractivity contribution in [2.45, 2.75) is 43.7 Å². The van der Waals surface area contributed by atoms with Gasteiger partial charge in [-0.1, -0.05) is 43.5 Å². The first-order chi connectivity index (χ1) is 8.17. The summed E-state index contributed by atoms with van der Waals surface area (Å²) in [5, 5.41) is 19.0. The molecule has 3 heteroatoms. The average molecular weight is 235 g/mol. The highest BCUT2D eigenvalue weighted by Gasteiger charge is 2.32. The summed E-state index contributed by atoms with van der Waals surface area (Å²) in [6.45, 7) is -0.257. The van der Waals surface area contributed by atoms with E-state index in [9.17, 15) is 5.11 Å². The van der Waals surface area contributed by atoms with E-state index in [2.05, 4.69) is 0 Å². The molecule has 1 fully saturated rings. The lowest BCUT2D eigenvalue weighted by molar-refractivity contribution is 0.0931. The Morgan fingerprint density at radius 2 is 1.82 bits per heavy atom. The van der Waals surface area contributed by atoms with E-state index in [1.54, 1.807) is 0 Å². The first kappa shape index (κ1) is 12.6. The summed E-state index contributed by atoms with van der Waals surface area (Å²) in [4.78, 5) is 0.